The van der Waals surface area contributed by atoms with Gasteiger partial charge >= 0.3 is 0 Å². The lowest BCUT2D eigenvalue weighted by Gasteiger charge is -2.33. The molecule has 2 aliphatic rings. The molecular formula is C14H19N3O. The van der Waals surface area contributed by atoms with Gasteiger partial charge in [0.1, 0.15) is 0 Å². The number of hydrogen-bond acceptors (Lipinski definition) is 3. The lowest BCUT2D eigenvalue weighted by atomic mass is 9.76. The van der Waals surface area contributed by atoms with Crippen LogP contribution >= 0.6 is 0 Å². The Morgan fingerprint density at radius 1 is 1.39 bits per heavy atom. The predicted molar refractivity (Wildman–Crippen MR) is 70.3 cm³/mol. The summed E-state index contributed by atoms with van der Waals surface area (Å²) in [6.07, 6.45) is 4.54. The van der Waals surface area contributed by atoms with E-state index in [1.165, 1.54) is 0 Å². The molecule has 3 rings (SSSR count). The average molecular weight is 245 g/mol. The van der Waals surface area contributed by atoms with Crippen LogP contribution in [0.1, 0.15) is 20.3 Å². The van der Waals surface area contributed by atoms with Gasteiger partial charge in [0.2, 0.25) is 5.91 Å². The molecule has 96 valence electrons. The Balaban J connectivity index is 2.02. The lowest BCUT2D eigenvalue weighted by Crippen LogP contribution is -2.45. The van der Waals surface area contributed by atoms with Crippen LogP contribution < -0.4 is 10.2 Å². The molecule has 0 aliphatic carbocycles. The van der Waals surface area contributed by atoms with Crippen molar-refractivity contribution in [1.29, 1.82) is 0 Å². The van der Waals surface area contributed by atoms with Crippen molar-refractivity contribution in [1.82, 2.24) is 10.3 Å². The maximum Gasteiger partial charge on any atom is 0.233 e. The first-order valence-corrected chi connectivity index (χ1v) is 6.57. The molecule has 1 aromatic rings. The highest BCUT2D eigenvalue weighted by molar-refractivity contribution is 6.00. The Labute approximate surface area is 107 Å². The number of pyridine rings is 1. The van der Waals surface area contributed by atoms with Gasteiger partial charge in [-0.15, -0.1) is 0 Å². The van der Waals surface area contributed by atoms with Gasteiger partial charge in [-0.2, -0.15) is 0 Å². The van der Waals surface area contributed by atoms with E-state index >= 15 is 0 Å². The van der Waals surface area contributed by atoms with E-state index in [-0.39, 0.29) is 11.3 Å². The van der Waals surface area contributed by atoms with Gasteiger partial charge in [0.15, 0.2) is 0 Å². The normalized spacial score (nSPS) is 30.3. The van der Waals surface area contributed by atoms with Crippen LogP contribution in [0.2, 0.25) is 0 Å². The second-order valence-electron chi connectivity index (χ2n) is 5.77. The highest BCUT2D eigenvalue weighted by atomic mass is 16.2. The molecule has 2 aliphatic heterocycles. The lowest BCUT2D eigenvalue weighted by molar-refractivity contribution is -0.125. The van der Waals surface area contributed by atoms with E-state index in [0.717, 1.165) is 25.2 Å². The van der Waals surface area contributed by atoms with Gasteiger partial charge in [0.25, 0.3) is 0 Å². The van der Waals surface area contributed by atoms with Crippen molar-refractivity contribution in [2.45, 2.75) is 26.3 Å². The maximum atomic E-state index is 12.7. The summed E-state index contributed by atoms with van der Waals surface area (Å²) in [6, 6.07) is 4.19. The zero-order chi connectivity index (χ0) is 12.8. The molecule has 2 atom stereocenters. The van der Waals surface area contributed by atoms with Crippen LogP contribution in [0.5, 0.6) is 0 Å². The molecule has 0 radical (unpaired) electrons. The van der Waals surface area contributed by atoms with Gasteiger partial charge in [0, 0.05) is 36.6 Å². The Kier molecular flexibility index (Phi) is 2.63. The molecule has 2 saturated heterocycles. The smallest absolute Gasteiger partial charge is 0.233 e. The summed E-state index contributed by atoms with van der Waals surface area (Å²) in [5.74, 6) is 0.638. The summed E-state index contributed by atoms with van der Waals surface area (Å²) in [5, 5.41) is 3.41. The van der Waals surface area contributed by atoms with Crippen molar-refractivity contribution in [3.05, 3.63) is 24.5 Å². The minimum atomic E-state index is -0.276. The fraction of sp³-hybridized carbons (Fsp3) is 0.571. The molecule has 4 nitrogen and oxygen atoms in total. The van der Waals surface area contributed by atoms with E-state index in [2.05, 4.69) is 24.1 Å². The number of fused-ring (bicyclic) bond motifs is 1. The minimum Gasteiger partial charge on any atom is -0.316 e. The highest BCUT2D eigenvalue weighted by Crippen LogP contribution is 2.45. The Hall–Kier alpha value is -1.42. The van der Waals surface area contributed by atoms with Crippen LogP contribution in [0.4, 0.5) is 5.69 Å². The molecule has 18 heavy (non-hydrogen) atoms. The van der Waals surface area contributed by atoms with Gasteiger partial charge in [-0.1, -0.05) is 13.8 Å². The molecule has 2 fully saturated rings. The van der Waals surface area contributed by atoms with Crippen molar-refractivity contribution in [3.63, 3.8) is 0 Å². The van der Waals surface area contributed by atoms with Gasteiger partial charge < -0.3 is 10.2 Å². The third kappa shape index (κ3) is 1.56. The number of rotatable bonds is 1. The van der Waals surface area contributed by atoms with Crippen LogP contribution in [0.3, 0.4) is 0 Å². The Bertz CT molecular complexity index is 457. The van der Waals surface area contributed by atoms with Crippen LogP contribution in [0.25, 0.3) is 0 Å². The average Bonchev–Trinajstić information content (AvgIpc) is 2.60. The van der Waals surface area contributed by atoms with Crippen LogP contribution in [-0.2, 0) is 4.79 Å². The molecule has 3 heterocycles. The highest BCUT2D eigenvalue weighted by Gasteiger charge is 2.54. The molecule has 0 aromatic carbocycles. The number of anilines is 1. The van der Waals surface area contributed by atoms with E-state index in [0.29, 0.717) is 12.0 Å². The number of carbonyl (C=O) groups is 1. The first kappa shape index (κ1) is 11.7. The first-order valence-electron chi connectivity index (χ1n) is 6.57. The van der Waals surface area contributed by atoms with Crippen molar-refractivity contribution in [2.24, 2.45) is 11.3 Å². The molecule has 1 amide bonds. The predicted octanol–water partition coefficient (Wildman–Crippen LogP) is 1.43. The van der Waals surface area contributed by atoms with Crippen molar-refractivity contribution < 1.29 is 4.79 Å². The molecule has 1 aromatic heterocycles. The molecule has 0 saturated carbocycles. The number of nitrogens with one attached hydrogen (secondary N) is 1. The van der Waals surface area contributed by atoms with Crippen molar-refractivity contribution in [3.8, 4) is 0 Å². The second kappa shape index (κ2) is 4.05. The molecule has 4 heteroatoms. The summed E-state index contributed by atoms with van der Waals surface area (Å²) in [4.78, 5) is 18.7. The number of amides is 1. The SMILES string of the molecule is CC1(C)C(=O)N(c2ccncc2)C2CCNCC21. The van der Waals surface area contributed by atoms with Gasteiger partial charge in [-0.05, 0) is 25.1 Å². The third-order valence-electron chi connectivity index (χ3n) is 4.42. The second-order valence-corrected chi connectivity index (χ2v) is 5.77. The molecule has 0 spiro atoms. The van der Waals surface area contributed by atoms with Crippen molar-refractivity contribution in [2.75, 3.05) is 18.0 Å². The largest absolute Gasteiger partial charge is 0.316 e. The quantitative estimate of drug-likeness (QED) is 0.814. The number of aromatic nitrogens is 1. The molecule has 0 bridgehead atoms. The van der Waals surface area contributed by atoms with Crippen LogP contribution in [-0.4, -0.2) is 30.0 Å². The fourth-order valence-corrected chi connectivity index (χ4v) is 3.32. The number of hydrogen-bond donors (Lipinski definition) is 1. The topological polar surface area (TPSA) is 45.2 Å². The van der Waals surface area contributed by atoms with E-state index in [9.17, 15) is 4.79 Å². The molecule has 1 N–H and O–H groups in total. The summed E-state index contributed by atoms with van der Waals surface area (Å²) in [7, 11) is 0. The summed E-state index contributed by atoms with van der Waals surface area (Å²) >= 11 is 0. The fourth-order valence-electron chi connectivity index (χ4n) is 3.32. The Morgan fingerprint density at radius 2 is 2.11 bits per heavy atom. The molecule has 2 unspecified atom stereocenters. The van der Waals surface area contributed by atoms with Crippen molar-refractivity contribution >= 4 is 11.6 Å². The number of carbonyl (C=O) groups excluding carboxylic acids is 1. The van der Waals surface area contributed by atoms with E-state index in [1.54, 1.807) is 12.4 Å². The van der Waals surface area contributed by atoms with Crippen LogP contribution in [0, 0.1) is 11.3 Å². The van der Waals surface area contributed by atoms with E-state index in [1.807, 2.05) is 17.0 Å². The monoisotopic (exact) mass is 245 g/mol. The maximum absolute atomic E-state index is 12.7. The standard InChI is InChI=1S/C14H19N3O/c1-14(2)11-9-16-8-5-12(11)17(13(14)18)10-3-6-15-7-4-10/h3-4,6-7,11-12,16H,5,8-9H2,1-2H3. The minimum absolute atomic E-state index is 0.243. The Morgan fingerprint density at radius 3 is 2.83 bits per heavy atom. The zero-order valence-electron chi connectivity index (χ0n) is 10.9. The number of nitrogens with zero attached hydrogens (tertiary/aromatic N) is 2. The van der Waals surface area contributed by atoms with Gasteiger partial charge in [-0.25, -0.2) is 0 Å². The molecular weight excluding hydrogens is 226 g/mol. The summed E-state index contributed by atoms with van der Waals surface area (Å²) in [5.41, 5.74) is 0.707. The van der Waals surface area contributed by atoms with E-state index < -0.39 is 0 Å². The summed E-state index contributed by atoms with van der Waals surface area (Å²) < 4.78 is 0. The van der Waals surface area contributed by atoms with E-state index in [4.69, 9.17) is 0 Å². The zero-order valence-corrected chi connectivity index (χ0v) is 10.9. The first-order chi connectivity index (χ1) is 8.62. The number of piperidine rings is 1. The third-order valence-corrected chi connectivity index (χ3v) is 4.42. The van der Waals surface area contributed by atoms with Gasteiger partial charge in [-0.3, -0.25) is 9.78 Å². The summed E-state index contributed by atoms with van der Waals surface area (Å²) in [6.45, 7) is 6.07. The van der Waals surface area contributed by atoms with Crippen LogP contribution in [0.15, 0.2) is 24.5 Å². The van der Waals surface area contributed by atoms with Gasteiger partial charge in [0.05, 0.1) is 5.41 Å².